The third-order valence-electron chi connectivity index (χ3n) is 4.07. The molecule has 0 saturated heterocycles. The number of esters is 1. The Labute approximate surface area is 131 Å². The Kier molecular flexibility index (Phi) is 11.6. The molecule has 0 spiro atoms. The summed E-state index contributed by atoms with van der Waals surface area (Å²) in [6, 6.07) is 0. The second-order valence-electron chi connectivity index (χ2n) is 5.95. The molecule has 0 aliphatic carbocycles. The first-order valence-electron chi connectivity index (χ1n) is 8.45. The molecule has 0 amide bonds. The summed E-state index contributed by atoms with van der Waals surface area (Å²) < 4.78 is 10.7. The van der Waals surface area contributed by atoms with Crippen LogP contribution in [0.2, 0.25) is 0 Å². The maximum atomic E-state index is 11.8. The lowest BCUT2D eigenvalue weighted by Crippen LogP contribution is -2.50. The topological polar surface area (TPSA) is 47.6 Å². The van der Waals surface area contributed by atoms with Crippen LogP contribution in [0.4, 0.5) is 0 Å². The van der Waals surface area contributed by atoms with E-state index in [0.29, 0.717) is 12.5 Å². The summed E-state index contributed by atoms with van der Waals surface area (Å²) in [5, 5.41) is 3.22. The molecular formula is C17H35NO3. The van der Waals surface area contributed by atoms with E-state index in [2.05, 4.69) is 19.2 Å². The summed E-state index contributed by atoms with van der Waals surface area (Å²) in [5.74, 6) is 0.476. The monoisotopic (exact) mass is 301 g/mol. The zero-order chi connectivity index (χ0) is 16.1. The van der Waals surface area contributed by atoms with Gasteiger partial charge in [-0.3, -0.25) is 4.79 Å². The van der Waals surface area contributed by atoms with E-state index in [4.69, 9.17) is 9.47 Å². The summed E-state index contributed by atoms with van der Waals surface area (Å²) in [6.07, 6.45) is 6.56. The number of hydrogen-bond donors (Lipinski definition) is 1. The molecule has 0 aliphatic rings. The van der Waals surface area contributed by atoms with Gasteiger partial charge in [0.25, 0.3) is 0 Å². The first-order valence-corrected chi connectivity index (χ1v) is 8.45. The molecule has 0 bridgehead atoms. The van der Waals surface area contributed by atoms with Crippen molar-refractivity contribution in [3.05, 3.63) is 0 Å². The average molecular weight is 301 g/mol. The van der Waals surface area contributed by atoms with Gasteiger partial charge in [0.15, 0.2) is 0 Å². The lowest BCUT2D eigenvalue weighted by molar-refractivity contribution is -0.148. The largest absolute Gasteiger partial charge is 0.468 e. The van der Waals surface area contributed by atoms with E-state index in [9.17, 15) is 4.79 Å². The second kappa shape index (κ2) is 12.0. The molecule has 0 aromatic rings. The fraction of sp³-hybridized carbons (Fsp3) is 0.941. The molecule has 21 heavy (non-hydrogen) atoms. The highest BCUT2D eigenvalue weighted by Gasteiger charge is 2.32. The molecule has 0 heterocycles. The maximum absolute atomic E-state index is 11.8. The molecule has 0 radical (unpaired) electrons. The average Bonchev–Trinajstić information content (AvgIpc) is 2.49. The van der Waals surface area contributed by atoms with Gasteiger partial charge < -0.3 is 14.8 Å². The van der Waals surface area contributed by atoms with Gasteiger partial charge in [0.2, 0.25) is 0 Å². The van der Waals surface area contributed by atoms with Crippen molar-refractivity contribution in [2.24, 2.45) is 5.92 Å². The number of nitrogens with one attached hydrogen (secondary N) is 1. The Hall–Kier alpha value is -0.610. The van der Waals surface area contributed by atoms with Crippen LogP contribution in [0.3, 0.4) is 0 Å². The van der Waals surface area contributed by atoms with E-state index in [1.165, 1.54) is 32.8 Å². The van der Waals surface area contributed by atoms with Gasteiger partial charge in [0, 0.05) is 13.2 Å². The van der Waals surface area contributed by atoms with E-state index in [-0.39, 0.29) is 5.97 Å². The number of likely N-dealkylation sites (N-methyl/N-ethyl adjacent to an activating group) is 1. The Bertz CT molecular complexity index is 271. The van der Waals surface area contributed by atoms with Crippen molar-refractivity contribution >= 4 is 5.97 Å². The Morgan fingerprint density at radius 2 is 1.95 bits per heavy atom. The maximum Gasteiger partial charge on any atom is 0.325 e. The third-order valence-corrected chi connectivity index (χ3v) is 4.07. The van der Waals surface area contributed by atoms with Crippen LogP contribution in [0.15, 0.2) is 0 Å². The fourth-order valence-electron chi connectivity index (χ4n) is 2.55. The smallest absolute Gasteiger partial charge is 0.325 e. The van der Waals surface area contributed by atoms with Gasteiger partial charge >= 0.3 is 5.97 Å². The third kappa shape index (κ3) is 8.42. The van der Waals surface area contributed by atoms with Gasteiger partial charge in [-0.05, 0) is 38.6 Å². The van der Waals surface area contributed by atoms with Crippen LogP contribution in [0.1, 0.15) is 66.2 Å². The van der Waals surface area contributed by atoms with Gasteiger partial charge in [-0.1, -0.05) is 40.0 Å². The lowest BCUT2D eigenvalue weighted by Gasteiger charge is -2.27. The first-order chi connectivity index (χ1) is 10.0. The molecule has 0 aliphatic heterocycles. The molecular weight excluding hydrogens is 266 g/mol. The van der Waals surface area contributed by atoms with Gasteiger partial charge in [-0.2, -0.15) is 0 Å². The Morgan fingerprint density at radius 1 is 1.24 bits per heavy atom. The number of ether oxygens (including phenoxy) is 2. The number of hydrogen-bond acceptors (Lipinski definition) is 4. The van der Waals surface area contributed by atoms with Crippen LogP contribution in [0, 0.1) is 5.92 Å². The molecule has 4 nitrogen and oxygen atoms in total. The van der Waals surface area contributed by atoms with E-state index in [1.54, 1.807) is 0 Å². The number of carbonyl (C=O) groups excluding carboxylic acids is 1. The minimum atomic E-state index is -0.598. The molecule has 0 aromatic carbocycles. The van der Waals surface area contributed by atoms with Crippen LogP contribution >= 0.6 is 0 Å². The quantitative estimate of drug-likeness (QED) is 0.417. The van der Waals surface area contributed by atoms with E-state index >= 15 is 0 Å². The molecule has 4 heteroatoms. The summed E-state index contributed by atoms with van der Waals surface area (Å²) in [6.45, 7) is 10.6. The summed E-state index contributed by atoms with van der Waals surface area (Å²) in [4.78, 5) is 11.8. The van der Waals surface area contributed by atoms with Crippen LogP contribution in [0.5, 0.6) is 0 Å². The van der Waals surface area contributed by atoms with Crippen molar-refractivity contribution in [2.45, 2.75) is 71.8 Å². The first kappa shape index (κ1) is 20.4. The fourth-order valence-corrected chi connectivity index (χ4v) is 2.55. The minimum absolute atomic E-state index is 0.196. The highest BCUT2D eigenvalue weighted by molar-refractivity contribution is 5.80. The van der Waals surface area contributed by atoms with Gasteiger partial charge in [0.05, 0.1) is 7.11 Å². The molecule has 0 aromatic heterocycles. The standard InChI is InChI=1S/C17H35NO3/c1-6-9-11-15(7-2)14-21-13-10-12-17(4,18-8-3)16(19)20-5/h15,18H,6-14H2,1-5H3. The van der Waals surface area contributed by atoms with Crippen LogP contribution in [-0.2, 0) is 14.3 Å². The second-order valence-corrected chi connectivity index (χ2v) is 5.95. The molecule has 1 N–H and O–H groups in total. The lowest BCUT2D eigenvalue weighted by atomic mass is 9.96. The van der Waals surface area contributed by atoms with Crippen molar-refractivity contribution in [1.29, 1.82) is 0 Å². The summed E-state index contributed by atoms with van der Waals surface area (Å²) in [7, 11) is 1.44. The zero-order valence-corrected chi connectivity index (χ0v) is 14.7. The van der Waals surface area contributed by atoms with Crippen LogP contribution < -0.4 is 5.32 Å². The summed E-state index contributed by atoms with van der Waals surface area (Å²) in [5.41, 5.74) is -0.598. The SMILES string of the molecule is CCCCC(CC)COCCCC(C)(NCC)C(=O)OC. The number of unbranched alkanes of at least 4 members (excludes halogenated alkanes) is 1. The predicted molar refractivity (Wildman–Crippen MR) is 87.5 cm³/mol. The molecule has 0 fully saturated rings. The van der Waals surface area contributed by atoms with E-state index in [1.807, 2.05) is 13.8 Å². The van der Waals surface area contributed by atoms with Crippen molar-refractivity contribution in [3.63, 3.8) is 0 Å². The van der Waals surface area contributed by atoms with Crippen molar-refractivity contribution in [1.82, 2.24) is 5.32 Å². The zero-order valence-electron chi connectivity index (χ0n) is 14.7. The molecule has 0 saturated carbocycles. The van der Waals surface area contributed by atoms with E-state index in [0.717, 1.165) is 26.0 Å². The minimum Gasteiger partial charge on any atom is -0.468 e. The molecule has 2 unspecified atom stereocenters. The van der Waals surface area contributed by atoms with Crippen LogP contribution in [0.25, 0.3) is 0 Å². The van der Waals surface area contributed by atoms with Crippen molar-refractivity contribution < 1.29 is 14.3 Å². The molecule has 126 valence electrons. The van der Waals surface area contributed by atoms with Crippen LogP contribution in [-0.4, -0.2) is 38.4 Å². The predicted octanol–water partition coefficient (Wildman–Crippen LogP) is 3.54. The molecule has 2 atom stereocenters. The van der Waals surface area contributed by atoms with Crippen molar-refractivity contribution in [3.8, 4) is 0 Å². The summed E-state index contributed by atoms with van der Waals surface area (Å²) >= 11 is 0. The normalized spacial score (nSPS) is 15.5. The number of methoxy groups -OCH3 is 1. The van der Waals surface area contributed by atoms with E-state index < -0.39 is 5.54 Å². The van der Waals surface area contributed by atoms with Gasteiger partial charge in [-0.15, -0.1) is 0 Å². The van der Waals surface area contributed by atoms with Gasteiger partial charge in [-0.25, -0.2) is 0 Å². The molecule has 0 rings (SSSR count). The Balaban J connectivity index is 3.97. The Morgan fingerprint density at radius 3 is 2.48 bits per heavy atom. The number of carbonyl (C=O) groups is 1. The highest BCUT2D eigenvalue weighted by atomic mass is 16.5. The van der Waals surface area contributed by atoms with Gasteiger partial charge in [0.1, 0.15) is 5.54 Å². The number of rotatable bonds is 13. The van der Waals surface area contributed by atoms with Crippen molar-refractivity contribution in [2.75, 3.05) is 26.9 Å². The highest BCUT2D eigenvalue weighted by Crippen LogP contribution is 2.16.